The lowest BCUT2D eigenvalue weighted by atomic mass is 10.1. The summed E-state index contributed by atoms with van der Waals surface area (Å²) in [6.45, 7) is 1.92. The first-order valence-electron chi connectivity index (χ1n) is 10.0. The molecule has 3 N–H and O–H groups in total. The summed E-state index contributed by atoms with van der Waals surface area (Å²) < 4.78 is 0.863. The number of aromatic nitrogens is 3. The van der Waals surface area contributed by atoms with Gasteiger partial charge in [-0.15, -0.1) is 11.3 Å². The van der Waals surface area contributed by atoms with Crippen molar-refractivity contribution in [3.63, 3.8) is 0 Å². The molecular formula is C20H22N6O5S. The third kappa shape index (κ3) is 4.61. The summed E-state index contributed by atoms with van der Waals surface area (Å²) in [6.07, 6.45) is 1.92. The van der Waals surface area contributed by atoms with Gasteiger partial charge in [-0.2, -0.15) is 9.78 Å². The average molecular weight is 459 g/mol. The van der Waals surface area contributed by atoms with Crippen LogP contribution in [0.25, 0.3) is 10.9 Å². The molecule has 0 spiro atoms. The molecule has 0 aliphatic carbocycles. The van der Waals surface area contributed by atoms with Crippen LogP contribution in [-0.2, 0) is 4.79 Å². The van der Waals surface area contributed by atoms with Crippen molar-refractivity contribution >= 4 is 45.8 Å². The van der Waals surface area contributed by atoms with Gasteiger partial charge in [-0.25, -0.2) is 9.78 Å². The van der Waals surface area contributed by atoms with Gasteiger partial charge in [-0.3, -0.25) is 14.5 Å². The summed E-state index contributed by atoms with van der Waals surface area (Å²) in [5, 5.41) is 28.4. The van der Waals surface area contributed by atoms with E-state index in [1.54, 1.807) is 34.7 Å². The van der Waals surface area contributed by atoms with Crippen molar-refractivity contribution < 1.29 is 24.6 Å². The molecule has 3 aromatic rings. The van der Waals surface area contributed by atoms with Crippen LogP contribution in [0.15, 0.2) is 36.0 Å². The van der Waals surface area contributed by atoms with Crippen LogP contribution in [0.2, 0.25) is 0 Å². The van der Waals surface area contributed by atoms with Gasteiger partial charge in [-0.05, 0) is 18.2 Å². The summed E-state index contributed by atoms with van der Waals surface area (Å²) in [7, 11) is 0. The van der Waals surface area contributed by atoms with Crippen molar-refractivity contribution in [2.24, 2.45) is 0 Å². The highest BCUT2D eigenvalue weighted by Gasteiger charge is 2.28. The van der Waals surface area contributed by atoms with Crippen molar-refractivity contribution in [3.8, 4) is 0 Å². The first kappa shape index (κ1) is 21.9. The molecule has 32 heavy (non-hydrogen) atoms. The smallest absolute Gasteiger partial charge is 0.432 e. The van der Waals surface area contributed by atoms with Crippen LogP contribution in [0.4, 0.5) is 10.5 Å². The molecule has 168 valence electrons. The zero-order valence-corrected chi connectivity index (χ0v) is 17.9. The fraction of sp³-hybridized carbons (Fsp3) is 0.350. The Bertz CT molecular complexity index is 1120. The van der Waals surface area contributed by atoms with Gasteiger partial charge >= 0.3 is 6.09 Å². The second-order valence-electron chi connectivity index (χ2n) is 7.37. The first-order valence-corrected chi connectivity index (χ1v) is 10.9. The Morgan fingerprint density at radius 1 is 1.19 bits per heavy atom. The largest absolute Gasteiger partial charge is 0.463 e. The Labute approximate surface area is 186 Å². The molecule has 1 aliphatic rings. The van der Waals surface area contributed by atoms with Crippen LogP contribution >= 0.6 is 11.3 Å². The van der Waals surface area contributed by atoms with Crippen LogP contribution in [0.1, 0.15) is 16.2 Å². The number of aliphatic hydroxyl groups is 1. The SMILES string of the molecule is O=C(CC(CO)N1CCN(C(=O)c2nccs2)CC1)Nc1ccc2c(cnn2C(=O)O)c1. The van der Waals surface area contributed by atoms with E-state index in [-0.39, 0.29) is 30.9 Å². The van der Waals surface area contributed by atoms with E-state index in [4.69, 9.17) is 5.11 Å². The number of rotatable bonds is 6. The fourth-order valence-electron chi connectivity index (χ4n) is 3.75. The summed E-state index contributed by atoms with van der Waals surface area (Å²) >= 11 is 1.31. The number of carboxylic acid groups (broad SMARTS) is 1. The van der Waals surface area contributed by atoms with Gasteiger partial charge in [0.05, 0.1) is 18.3 Å². The number of carbonyl (C=O) groups is 3. The van der Waals surface area contributed by atoms with Gasteiger partial charge in [-0.1, -0.05) is 0 Å². The number of aliphatic hydroxyl groups excluding tert-OH is 1. The summed E-state index contributed by atoms with van der Waals surface area (Å²) in [4.78, 5) is 43.9. The number of nitrogens with one attached hydrogen (secondary N) is 1. The van der Waals surface area contributed by atoms with Gasteiger partial charge < -0.3 is 20.4 Å². The maximum atomic E-state index is 12.6. The molecule has 1 fully saturated rings. The lowest BCUT2D eigenvalue weighted by Crippen LogP contribution is -2.53. The fourth-order valence-corrected chi connectivity index (χ4v) is 4.36. The predicted molar refractivity (Wildman–Crippen MR) is 117 cm³/mol. The number of thiazole rings is 1. The van der Waals surface area contributed by atoms with Gasteiger partial charge in [0.2, 0.25) is 5.91 Å². The number of anilines is 1. The number of hydrogen-bond acceptors (Lipinski definition) is 8. The molecule has 3 heterocycles. The molecule has 1 aromatic carbocycles. The predicted octanol–water partition coefficient (Wildman–Crippen LogP) is 1.17. The zero-order chi connectivity index (χ0) is 22.7. The number of hydrogen-bond donors (Lipinski definition) is 3. The molecular weight excluding hydrogens is 436 g/mol. The molecule has 0 bridgehead atoms. The third-order valence-electron chi connectivity index (χ3n) is 5.40. The number of benzene rings is 1. The highest BCUT2D eigenvalue weighted by molar-refractivity contribution is 7.11. The Morgan fingerprint density at radius 3 is 2.62 bits per heavy atom. The maximum Gasteiger partial charge on any atom is 0.432 e. The molecule has 1 saturated heterocycles. The molecule has 1 atom stereocenters. The van der Waals surface area contributed by atoms with Crippen LogP contribution in [0.3, 0.4) is 0 Å². The minimum Gasteiger partial charge on any atom is -0.463 e. The Kier molecular flexibility index (Phi) is 6.44. The van der Waals surface area contributed by atoms with Crippen LogP contribution in [-0.4, -0.2) is 91.5 Å². The number of nitrogens with zero attached hydrogens (tertiary/aromatic N) is 5. The molecule has 11 nitrogen and oxygen atoms in total. The van der Waals surface area contributed by atoms with E-state index < -0.39 is 6.09 Å². The van der Waals surface area contributed by atoms with E-state index >= 15 is 0 Å². The van der Waals surface area contributed by atoms with Crippen molar-refractivity contribution in [1.82, 2.24) is 24.6 Å². The number of carbonyl (C=O) groups excluding carboxylic acids is 2. The van der Waals surface area contributed by atoms with Crippen LogP contribution in [0, 0.1) is 0 Å². The van der Waals surface area contributed by atoms with Gasteiger partial charge in [0.1, 0.15) is 0 Å². The molecule has 12 heteroatoms. The van der Waals surface area contributed by atoms with Crippen molar-refractivity contribution in [2.45, 2.75) is 12.5 Å². The minimum absolute atomic E-state index is 0.0867. The molecule has 0 saturated carbocycles. The highest BCUT2D eigenvalue weighted by atomic mass is 32.1. The summed E-state index contributed by atoms with van der Waals surface area (Å²) in [5.41, 5.74) is 0.942. The number of fused-ring (bicyclic) bond motifs is 1. The van der Waals surface area contributed by atoms with Gasteiger partial charge in [0, 0.05) is 61.3 Å². The molecule has 4 rings (SSSR count). The quantitative estimate of drug-likeness (QED) is 0.500. The van der Waals surface area contributed by atoms with Gasteiger partial charge in [0.15, 0.2) is 5.01 Å². The lowest BCUT2D eigenvalue weighted by molar-refractivity contribution is -0.118. The molecule has 2 amide bonds. The van der Waals surface area contributed by atoms with Crippen LogP contribution < -0.4 is 5.32 Å². The van der Waals surface area contributed by atoms with Crippen molar-refractivity contribution in [1.29, 1.82) is 0 Å². The minimum atomic E-state index is -1.18. The second kappa shape index (κ2) is 9.42. The zero-order valence-electron chi connectivity index (χ0n) is 17.0. The second-order valence-corrected chi connectivity index (χ2v) is 8.26. The third-order valence-corrected chi connectivity index (χ3v) is 6.16. The number of amides is 2. The van der Waals surface area contributed by atoms with Crippen molar-refractivity contribution in [3.05, 3.63) is 41.0 Å². The van der Waals surface area contributed by atoms with E-state index in [1.165, 1.54) is 17.5 Å². The van der Waals surface area contributed by atoms with Crippen molar-refractivity contribution in [2.75, 3.05) is 38.1 Å². The lowest BCUT2D eigenvalue weighted by Gasteiger charge is -2.38. The average Bonchev–Trinajstić information content (AvgIpc) is 3.47. The van der Waals surface area contributed by atoms with E-state index in [0.29, 0.717) is 47.8 Å². The van der Waals surface area contributed by atoms with Crippen LogP contribution in [0.5, 0.6) is 0 Å². The number of piperazine rings is 1. The molecule has 0 radical (unpaired) electrons. The van der Waals surface area contributed by atoms with E-state index in [9.17, 15) is 19.5 Å². The standard InChI is InChI=1S/C20H22N6O5S/c27-12-15(24-4-6-25(7-5-24)19(29)18-21-3-8-32-18)10-17(28)23-14-1-2-16-13(9-14)11-22-26(16)20(30)31/h1-3,8-9,11,15,27H,4-7,10,12H2,(H,23,28)(H,30,31). The van der Waals surface area contributed by atoms with E-state index in [2.05, 4.69) is 15.4 Å². The summed E-state index contributed by atoms with van der Waals surface area (Å²) in [5.74, 6) is -0.366. The molecule has 1 aliphatic heterocycles. The van der Waals surface area contributed by atoms with E-state index in [0.717, 1.165) is 4.68 Å². The topological polar surface area (TPSA) is 141 Å². The Morgan fingerprint density at radius 2 is 1.97 bits per heavy atom. The Hall–Kier alpha value is -3.35. The normalized spacial score (nSPS) is 15.6. The summed E-state index contributed by atoms with van der Waals surface area (Å²) in [6, 6.07) is 4.47. The van der Waals surface area contributed by atoms with E-state index in [1.807, 2.05) is 4.90 Å². The monoisotopic (exact) mass is 458 g/mol. The Balaban J connectivity index is 1.33. The van der Waals surface area contributed by atoms with Gasteiger partial charge in [0.25, 0.3) is 5.91 Å². The first-order chi connectivity index (χ1) is 15.5. The molecule has 1 unspecified atom stereocenters. The maximum absolute atomic E-state index is 12.6. The highest BCUT2D eigenvalue weighted by Crippen LogP contribution is 2.20. The molecule has 2 aromatic heterocycles.